The molecule has 0 spiro atoms. The van der Waals surface area contributed by atoms with Crippen molar-refractivity contribution in [3.05, 3.63) is 62.0 Å². The van der Waals surface area contributed by atoms with E-state index in [1.54, 1.807) is 19.2 Å². The summed E-state index contributed by atoms with van der Waals surface area (Å²) >= 11 is 15.6. The van der Waals surface area contributed by atoms with Crippen LogP contribution in [0.25, 0.3) is 0 Å². The Hall–Kier alpha value is -1.23. The molecule has 0 saturated heterocycles. The van der Waals surface area contributed by atoms with Crippen molar-refractivity contribution in [2.45, 2.75) is 6.54 Å². The van der Waals surface area contributed by atoms with Crippen LogP contribution in [0.1, 0.15) is 15.9 Å². The van der Waals surface area contributed by atoms with E-state index in [2.05, 4.69) is 26.6 Å². The number of nitrogens with one attached hydrogen (secondary N) is 2. The average molecular weight is 388 g/mol. The van der Waals surface area contributed by atoms with Gasteiger partial charge in [0, 0.05) is 23.6 Å². The van der Waals surface area contributed by atoms with E-state index in [-0.39, 0.29) is 5.91 Å². The number of carbonyl (C=O) groups is 1. The Morgan fingerprint density at radius 2 is 1.76 bits per heavy atom. The molecule has 3 nitrogen and oxygen atoms in total. The molecule has 110 valence electrons. The minimum absolute atomic E-state index is 0.0998. The molecule has 1 amide bonds. The summed E-state index contributed by atoms with van der Waals surface area (Å²) in [4.78, 5) is 11.5. The SMILES string of the molecule is CNC(=O)c1ccc(CNc2ccc(Br)c(Cl)c2Cl)cc1. The summed E-state index contributed by atoms with van der Waals surface area (Å²) in [5.41, 5.74) is 2.43. The molecule has 0 aromatic heterocycles. The van der Waals surface area contributed by atoms with Crippen LogP contribution >= 0.6 is 39.1 Å². The van der Waals surface area contributed by atoms with Crippen molar-refractivity contribution in [2.75, 3.05) is 12.4 Å². The van der Waals surface area contributed by atoms with Crippen molar-refractivity contribution in [2.24, 2.45) is 0 Å². The molecule has 0 radical (unpaired) electrons. The van der Waals surface area contributed by atoms with Crippen molar-refractivity contribution in [3.8, 4) is 0 Å². The maximum Gasteiger partial charge on any atom is 0.251 e. The molecule has 0 saturated carbocycles. The second-order valence-corrected chi connectivity index (χ2v) is 5.96. The molecule has 21 heavy (non-hydrogen) atoms. The molecule has 0 unspecified atom stereocenters. The van der Waals surface area contributed by atoms with E-state index >= 15 is 0 Å². The molecule has 0 fully saturated rings. The molecule has 0 aliphatic carbocycles. The summed E-state index contributed by atoms with van der Waals surface area (Å²) in [5, 5.41) is 6.77. The minimum atomic E-state index is -0.0998. The molecule has 0 bridgehead atoms. The van der Waals surface area contributed by atoms with Crippen molar-refractivity contribution < 1.29 is 4.79 Å². The molecular weight excluding hydrogens is 375 g/mol. The van der Waals surface area contributed by atoms with E-state index in [0.29, 0.717) is 22.2 Å². The quantitative estimate of drug-likeness (QED) is 0.744. The Balaban J connectivity index is 2.07. The summed E-state index contributed by atoms with van der Waals surface area (Å²) < 4.78 is 0.759. The van der Waals surface area contributed by atoms with Crippen molar-refractivity contribution in [1.82, 2.24) is 5.32 Å². The topological polar surface area (TPSA) is 41.1 Å². The van der Waals surface area contributed by atoms with Crippen LogP contribution in [-0.4, -0.2) is 13.0 Å². The molecule has 2 N–H and O–H groups in total. The normalized spacial score (nSPS) is 10.3. The predicted molar refractivity (Wildman–Crippen MR) is 91.3 cm³/mol. The molecule has 0 heterocycles. The van der Waals surface area contributed by atoms with Crippen LogP contribution in [0.3, 0.4) is 0 Å². The third-order valence-corrected chi connectivity index (χ3v) is 4.73. The van der Waals surface area contributed by atoms with Crippen LogP contribution in [0.4, 0.5) is 5.69 Å². The highest BCUT2D eigenvalue weighted by atomic mass is 79.9. The van der Waals surface area contributed by atoms with Crippen molar-refractivity contribution in [1.29, 1.82) is 0 Å². The van der Waals surface area contributed by atoms with Gasteiger partial charge in [-0.2, -0.15) is 0 Å². The molecule has 0 aliphatic rings. The van der Waals surface area contributed by atoms with E-state index in [0.717, 1.165) is 15.7 Å². The van der Waals surface area contributed by atoms with Gasteiger partial charge in [-0.05, 0) is 45.8 Å². The molecule has 2 aromatic rings. The molecule has 0 aliphatic heterocycles. The number of anilines is 1. The average Bonchev–Trinajstić information content (AvgIpc) is 2.52. The Labute approximate surface area is 141 Å². The van der Waals surface area contributed by atoms with Gasteiger partial charge in [0.2, 0.25) is 0 Å². The van der Waals surface area contributed by atoms with E-state index in [9.17, 15) is 4.79 Å². The zero-order valence-corrected chi connectivity index (χ0v) is 14.3. The van der Waals surface area contributed by atoms with Gasteiger partial charge in [-0.1, -0.05) is 35.3 Å². The highest BCUT2D eigenvalue weighted by Gasteiger charge is 2.08. The number of halogens is 3. The fourth-order valence-corrected chi connectivity index (χ4v) is 2.62. The van der Waals surface area contributed by atoms with E-state index < -0.39 is 0 Å². The van der Waals surface area contributed by atoms with E-state index in [1.807, 2.05) is 24.3 Å². The van der Waals surface area contributed by atoms with Crippen LogP contribution < -0.4 is 10.6 Å². The molecule has 0 atom stereocenters. The maximum atomic E-state index is 11.5. The summed E-state index contributed by atoms with van der Waals surface area (Å²) in [6.45, 7) is 0.589. The predicted octanol–water partition coefficient (Wildman–Crippen LogP) is 4.73. The first kappa shape index (κ1) is 16.1. The Kier molecular flexibility index (Phi) is 5.51. The van der Waals surface area contributed by atoms with Crippen LogP contribution in [0, 0.1) is 0 Å². The van der Waals surface area contributed by atoms with Crippen LogP contribution in [0.2, 0.25) is 10.0 Å². The standard InChI is InChI=1S/C15H13BrCl2N2O/c1-19-15(21)10-4-2-9(3-5-10)8-20-12-7-6-11(16)13(17)14(12)18/h2-7,20H,8H2,1H3,(H,19,21). The first-order valence-electron chi connectivity index (χ1n) is 6.21. The Morgan fingerprint density at radius 1 is 1.10 bits per heavy atom. The third-order valence-electron chi connectivity index (χ3n) is 2.96. The van der Waals surface area contributed by atoms with E-state index in [4.69, 9.17) is 23.2 Å². The van der Waals surface area contributed by atoms with Gasteiger partial charge in [-0.3, -0.25) is 4.79 Å². The smallest absolute Gasteiger partial charge is 0.251 e. The van der Waals surface area contributed by atoms with Crippen molar-refractivity contribution >= 4 is 50.7 Å². The first-order chi connectivity index (χ1) is 10.0. The Morgan fingerprint density at radius 3 is 2.38 bits per heavy atom. The summed E-state index contributed by atoms with van der Waals surface area (Å²) in [6, 6.07) is 11.1. The first-order valence-corrected chi connectivity index (χ1v) is 7.76. The van der Waals surface area contributed by atoms with Gasteiger partial charge in [0.25, 0.3) is 5.91 Å². The van der Waals surface area contributed by atoms with Crippen LogP contribution in [0.5, 0.6) is 0 Å². The zero-order valence-electron chi connectivity index (χ0n) is 11.2. The minimum Gasteiger partial charge on any atom is -0.380 e. The molecule has 2 rings (SSSR count). The maximum absolute atomic E-state index is 11.5. The summed E-state index contributed by atoms with van der Waals surface area (Å²) in [7, 11) is 1.61. The fraction of sp³-hybridized carbons (Fsp3) is 0.133. The second-order valence-electron chi connectivity index (χ2n) is 4.35. The van der Waals surface area contributed by atoms with E-state index in [1.165, 1.54) is 0 Å². The lowest BCUT2D eigenvalue weighted by atomic mass is 10.1. The van der Waals surface area contributed by atoms with Crippen LogP contribution in [0.15, 0.2) is 40.9 Å². The van der Waals surface area contributed by atoms with Gasteiger partial charge in [0.05, 0.1) is 15.7 Å². The lowest BCUT2D eigenvalue weighted by molar-refractivity contribution is 0.0963. The number of rotatable bonds is 4. The number of carbonyl (C=O) groups excluding carboxylic acids is 1. The lowest BCUT2D eigenvalue weighted by Gasteiger charge is -2.11. The second kappa shape index (κ2) is 7.16. The third kappa shape index (κ3) is 3.90. The number of benzene rings is 2. The summed E-state index contributed by atoms with van der Waals surface area (Å²) in [5.74, 6) is -0.0998. The summed E-state index contributed by atoms with van der Waals surface area (Å²) in [6.07, 6.45) is 0. The number of hydrogen-bond acceptors (Lipinski definition) is 2. The number of amides is 1. The van der Waals surface area contributed by atoms with Gasteiger partial charge in [0.1, 0.15) is 0 Å². The Bertz CT molecular complexity index is 659. The van der Waals surface area contributed by atoms with Gasteiger partial charge >= 0.3 is 0 Å². The van der Waals surface area contributed by atoms with Gasteiger partial charge in [-0.15, -0.1) is 0 Å². The number of hydrogen-bond donors (Lipinski definition) is 2. The molecular formula is C15H13BrCl2N2O. The zero-order chi connectivity index (χ0) is 15.4. The largest absolute Gasteiger partial charge is 0.380 e. The van der Waals surface area contributed by atoms with Gasteiger partial charge < -0.3 is 10.6 Å². The highest BCUT2D eigenvalue weighted by molar-refractivity contribution is 9.10. The van der Waals surface area contributed by atoms with Crippen LogP contribution in [-0.2, 0) is 6.54 Å². The van der Waals surface area contributed by atoms with Gasteiger partial charge in [-0.25, -0.2) is 0 Å². The molecule has 2 aromatic carbocycles. The van der Waals surface area contributed by atoms with Gasteiger partial charge in [0.15, 0.2) is 0 Å². The lowest BCUT2D eigenvalue weighted by Crippen LogP contribution is -2.17. The van der Waals surface area contributed by atoms with Crippen molar-refractivity contribution in [3.63, 3.8) is 0 Å². The monoisotopic (exact) mass is 386 g/mol. The highest BCUT2D eigenvalue weighted by Crippen LogP contribution is 2.35. The molecule has 6 heteroatoms. The fourth-order valence-electron chi connectivity index (χ4n) is 1.78.